The van der Waals surface area contributed by atoms with Gasteiger partial charge in [0, 0.05) is 0 Å². The van der Waals surface area contributed by atoms with Gasteiger partial charge in [-0.05, 0) is 0 Å². The summed E-state index contributed by atoms with van der Waals surface area (Å²) < 4.78 is 2.41. The Morgan fingerprint density at radius 2 is 0.824 bits per heavy atom. The summed E-state index contributed by atoms with van der Waals surface area (Å²) >= 11 is -3.42. The minimum absolute atomic E-state index is 1.21. The fourth-order valence-corrected chi connectivity index (χ4v) is 36.8. The van der Waals surface area contributed by atoms with E-state index < -0.39 is 36.8 Å². The van der Waals surface area contributed by atoms with Gasteiger partial charge in [0.15, 0.2) is 0 Å². The van der Waals surface area contributed by atoms with Crippen molar-refractivity contribution in [2.45, 2.75) is 82.5 Å². The third kappa shape index (κ3) is 5.62. The molecule has 0 N–H and O–H groups in total. The Hall–Kier alpha value is 1.60. The molecule has 0 aliphatic heterocycles. The van der Waals surface area contributed by atoms with E-state index in [1.54, 1.807) is 12.8 Å². The van der Waals surface area contributed by atoms with Gasteiger partial charge in [-0.1, -0.05) is 0 Å². The first-order valence-corrected chi connectivity index (χ1v) is 28.1. The molecule has 1 aliphatic rings. The Morgan fingerprint density at radius 1 is 0.529 bits per heavy atom. The third-order valence-electron chi connectivity index (χ3n) is 4.74. The zero-order valence-corrected chi connectivity index (χ0v) is 18.8. The Labute approximate surface area is 118 Å². The molecule has 102 valence electrons. The second-order valence-corrected chi connectivity index (χ2v) is 39.5. The summed E-state index contributed by atoms with van der Waals surface area (Å²) in [5.74, 6) is 0. The Kier molecular flexibility index (Phi) is 6.71. The van der Waals surface area contributed by atoms with Gasteiger partial charge in [0.1, 0.15) is 0 Å². The molecule has 1 fully saturated rings. The van der Waals surface area contributed by atoms with Crippen LogP contribution in [0.25, 0.3) is 0 Å². The van der Waals surface area contributed by atoms with Crippen LogP contribution in [0.1, 0.15) is 44.9 Å². The van der Waals surface area contributed by atoms with Crippen molar-refractivity contribution >= 4 is 36.8 Å². The first-order chi connectivity index (χ1) is 7.73. The van der Waals surface area contributed by atoms with E-state index in [4.69, 9.17) is 0 Å². The molecule has 0 aromatic heterocycles. The Morgan fingerprint density at radius 3 is 1.12 bits per heavy atom. The van der Waals surface area contributed by atoms with E-state index in [1.165, 1.54) is 40.0 Å². The number of rotatable bonds is 2. The molecule has 2 heteroatoms. The van der Waals surface area contributed by atoms with Gasteiger partial charge in [-0.15, -0.1) is 0 Å². The van der Waals surface area contributed by atoms with Crippen LogP contribution in [0.4, 0.5) is 0 Å². The molecule has 0 aromatic rings. The first-order valence-electron chi connectivity index (χ1n) is 7.73. The average molecular weight is 452 g/mol. The van der Waals surface area contributed by atoms with Crippen LogP contribution in [0.5, 0.6) is 0 Å². The fourth-order valence-electron chi connectivity index (χ4n) is 3.73. The second kappa shape index (κ2) is 6.85. The van der Waals surface area contributed by atoms with E-state index >= 15 is 0 Å². The van der Waals surface area contributed by atoms with E-state index in [1.807, 2.05) is 0 Å². The SMILES string of the molecule is [CH3][Sn]([CH3])([CH3])[CH]1CCCCCCC[CH]1[Sn]([CH3])([CH3])[CH3]. The van der Waals surface area contributed by atoms with Crippen LogP contribution in [-0.4, -0.2) is 36.8 Å². The van der Waals surface area contributed by atoms with Crippen LogP contribution < -0.4 is 0 Å². The standard InChI is InChI=1S/C9H16.6CH3.2Sn/c1-2-4-6-8-9-7-5-3-1;;;;;;;;/h1-2H,3-9H2;6*1H3;;. The minimum atomic E-state index is -1.71. The molecule has 0 spiro atoms. The van der Waals surface area contributed by atoms with Crippen LogP contribution in [-0.2, 0) is 0 Å². The van der Waals surface area contributed by atoms with Crippen LogP contribution >= 0.6 is 0 Å². The zero-order chi connectivity index (χ0) is 13.1. The van der Waals surface area contributed by atoms with Gasteiger partial charge in [-0.25, -0.2) is 0 Å². The van der Waals surface area contributed by atoms with Crippen molar-refractivity contribution in [1.29, 1.82) is 0 Å². The summed E-state index contributed by atoms with van der Waals surface area (Å²) in [5.41, 5.74) is 0. The monoisotopic (exact) mass is 454 g/mol. The molecule has 0 saturated heterocycles. The summed E-state index contributed by atoms with van der Waals surface area (Å²) in [5, 5.41) is 0. The van der Waals surface area contributed by atoms with Crippen molar-refractivity contribution in [1.82, 2.24) is 0 Å². The molecule has 0 amide bonds. The van der Waals surface area contributed by atoms with Crippen LogP contribution in [0.15, 0.2) is 0 Å². The van der Waals surface area contributed by atoms with E-state index in [2.05, 4.69) is 29.6 Å². The van der Waals surface area contributed by atoms with E-state index in [0.717, 1.165) is 0 Å². The van der Waals surface area contributed by atoms with Crippen molar-refractivity contribution < 1.29 is 0 Å². The van der Waals surface area contributed by atoms with Gasteiger partial charge >= 0.3 is 119 Å². The van der Waals surface area contributed by atoms with E-state index in [9.17, 15) is 0 Å². The number of hydrogen-bond donors (Lipinski definition) is 0. The topological polar surface area (TPSA) is 0 Å². The van der Waals surface area contributed by atoms with Crippen molar-refractivity contribution in [3.63, 3.8) is 0 Å². The number of hydrogen-bond acceptors (Lipinski definition) is 0. The van der Waals surface area contributed by atoms with Gasteiger partial charge in [0.25, 0.3) is 0 Å². The first kappa shape index (κ1) is 16.7. The molecule has 1 rings (SSSR count). The summed E-state index contributed by atoms with van der Waals surface area (Å²) in [4.78, 5) is 16.2. The van der Waals surface area contributed by atoms with Gasteiger partial charge in [-0.2, -0.15) is 0 Å². The maximum absolute atomic E-state index is 2.70. The van der Waals surface area contributed by atoms with Gasteiger partial charge in [-0.3, -0.25) is 0 Å². The molecular formula is C15H34Sn2. The summed E-state index contributed by atoms with van der Waals surface area (Å²) in [7, 11) is 0. The summed E-state index contributed by atoms with van der Waals surface area (Å²) in [6, 6.07) is 0. The Bertz CT molecular complexity index is 198. The van der Waals surface area contributed by atoms with Crippen molar-refractivity contribution in [3.05, 3.63) is 0 Å². The molecule has 0 bridgehead atoms. The predicted octanol–water partition coefficient (Wildman–Crippen LogP) is 6.15. The molecule has 1 saturated carbocycles. The molecule has 2 atom stereocenters. The predicted molar refractivity (Wildman–Crippen MR) is 86.5 cm³/mol. The van der Waals surface area contributed by atoms with Gasteiger partial charge < -0.3 is 0 Å². The van der Waals surface area contributed by atoms with Crippen LogP contribution in [0.3, 0.4) is 0 Å². The normalized spacial score (nSPS) is 29.3. The van der Waals surface area contributed by atoms with Crippen molar-refractivity contribution in [2.75, 3.05) is 0 Å². The van der Waals surface area contributed by atoms with E-state index in [0.29, 0.717) is 0 Å². The second-order valence-electron chi connectivity index (χ2n) is 8.29. The average Bonchev–Trinajstić information content (AvgIpc) is 2.25. The third-order valence-corrected chi connectivity index (χ3v) is 24.1. The van der Waals surface area contributed by atoms with E-state index in [-0.39, 0.29) is 0 Å². The fraction of sp³-hybridized carbons (Fsp3) is 1.00. The summed E-state index contributed by atoms with van der Waals surface area (Å²) in [6.45, 7) is 0. The molecule has 0 radical (unpaired) electrons. The molecule has 0 nitrogen and oxygen atoms in total. The van der Waals surface area contributed by atoms with Crippen LogP contribution in [0, 0.1) is 0 Å². The van der Waals surface area contributed by atoms with Gasteiger partial charge in [0.05, 0.1) is 0 Å². The zero-order valence-electron chi connectivity index (χ0n) is 13.1. The molecule has 17 heavy (non-hydrogen) atoms. The van der Waals surface area contributed by atoms with Gasteiger partial charge in [0.2, 0.25) is 0 Å². The Balaban J connectivity index is 2.88. The van der Waals surface area contributed by atoms with Crippen LogP contribution in [0.2, 0.25) is 37.5 Å². The maximum atomic E-state index is 2.70. The molecule has 0 aromatic carbocycles. The molecule has 2 unspecified atom stereocenters. The molecule has 0 heterocycles. The summed E-state index contributed by atoms with van der Waals surface area (Å²) in [6.07, 6.45) is 10.8. The quantitative estimate of drug-likeness (QED) is 0.442. The molecular weight excluding hydrogens is 418 g/mol. The van der Waals surface area contributed by atoms with Crippen molar-refractivity contribution in [3.8, 4) is 0 Å². The van der Waals surface area contributed by atoms with Crippen molar-refractivity contribution in [2.24, 2.45) is 0 Å². The molecule has 1 aliphatic carbocycles.